The van der Waals surface area contributed by atoms with Crippen LogP contribution in [0, 0.1) is 5.82 Å². The molecule has 4 rings (SSSR count). The van der Waals surface area contributed by atoms with Crippen LogP contribution in [0.3, 0.4) is 0 Å². The lowest BCUT2D eigenvalue weighted by atomic mass is 9.96. The van der Waals surface area contributed by atoms with Crippen molar-refractivity contribution in [1.29, 1.82) is 0 Å². The summed E-state index contributed by atoms with van der Waals surface area (Å²) >= 11 is 0. The van der Waals surface area contributed by atoms with Gasteiger partial charge >= 0.3 is 0 Å². The van der Waals surface area contributed by atoms with Crippen molar-refractivity contribution in [3.63, 3.8) is 0 Å². The SMILES string of the molecule is COc1ccc(-c2cccc3cc(C(=O)N4CCN(CC(N)=O)CC4)ccc23)c(F)c1. The molecule has 1 heterocycles. The average Bonchev–Trinajstić information content (AvgIpc) is 2.78. The largest absolute Gasteiger partial charge is 0.497 e. The normalized spacial score (nSPS) is 14.6. The van der Waals surface area contributed by atoms with Crippen molar-refractivity contribution in [2.24, 2.45) is 5.73 Å². The first kappa shape index (κ1) is 20.8. The highest BCUT2D eigenvalue weighted by atomic mass is 19.1. The van der Waals surface area contributed by atoms with Crippen LogP contribution in [-0.2, 0) is 4.79 Å². The fraction of sp³-hybridized carbons (Fsp3) is 0.250. The minimum Gasteiger partial charge on any atom is -0.497 e. The summed E-state index contributed by atoms with van der Waals surface area (Å²) in [5.74, 6) is -0.314. The number of halogens is 1. The minimum absolute atomic E-state index is 0.0540. The van der Waals surface area contributed by atoms with E-state index < -0.39 is 0 Å². The number of carbonyl (C=O) groups is 2. The first-order valence-electron chi connectivity index (χ1n) is 10.1. The molecule has 3 aromatic carbocycles. The molecule has 2 amide bonds. The maximum Gasteiger partial charge on any atom is 0.253 e. The summed E-state index contributed by atoms with van der Waals surface area (Å²) < 4.78 is 19.7. The number of nitrogens with two attached hydrogens (primary N) is 1. The van der Waals surface area contributed by atoms with Crippen molar-refractivity contribution < 1.29 is 18.7 Å². The minimum atomic E-state index is -0.363. The van der Waals surface area contributed by atoms with Crippen molar-refractivity contribution in [1.82, 2.24) is 9.80 Å². The molecule has 0 radical (unpaired) electrons. The van der Waals surface area contributed by atoms with Crippen LogP contribution in [0.5, 0.6) is 5.75 Å². The molecule has 0 spiro atoms. The molecule has 0 atom stereocenters. The van der Waals surface area contributed by atoms with Crippen LogP contribution in [0.4, 0.5) is 4.39 Å². The van der Waals surface area contributed by atoms with Crippen LogP contribution in [0.25, 0.3) is 21.9 Å². The van der Waals surface area contributed by atoms with Crippen molar-refractivity contribution in [2.45, 2.75) is 0 Å². The van der Waals surface area contributed by atoms with Crippen molar-refractivity contribution >= 4 is 22.6 Å². The number of benzene rings is 3. The van der Waals surface area contributed by atoms with E-state index in [1.807, 2.05) is 35.2 Å². The summed E-state index contributed by atoms with van der Waals surface area (Å²) in [6, 6.07) is 15.9. The predicted octanol–water partition coefficient (Wildman–Crippen LogP) is 2.90. The van der Waals surface area contributed by atoms with E-state index in [4.69, 9.17) is 10.5 Å². The lowest BCUT2D eigenvalue weighted by Gasteiger charge is -2.34. The zero-order valence-electron chi connectivity index (χ0n) is 17.3. The number of hydrogen-bond acceptors (Lipinski definition) is 4. The van der Waals surface area contributed by atoms with Gasteiger partial charge in [0.15, 0.2) is 0 Å². The third-order valence-corrected chi connectivity index (χ3v) is 5.63. The molecule has 3 aromatic rings. The highest BCUT2D eigenvalue weighted by Crippen LogP contribution is 2.32. The number of rotatable bonds is 5. The number of piperazine rings is 1. The molecular weight excluding hydrogens is 397 g/mol. The number of hydrogen-bond donors (Lipinski definition) is 1. The number of fused-ring (bicyclic) bond motifs is 1. The van der Waals surface area contributed by atoms with Crippen molar-refractivity contribution in [3.05, 3.63) is 66.0 Å². The second-order valence-corrected chi connectivity index (χ2v) is 7.62. The monoisotopic (exact) mass is 421 g/mol. The van der Waals surface area contributed by atoms with E-state index in [-0.39, 0.29) is 24.2 Å². The summed E-state index contributed by atoms with van der Waals surface area (Å²) in [4.78, 5) is 27.8. The van der Waals surface area contributed by atoms with Gasteiger partial charge in [0.05, 0.1) is 13.7 Å². The van der Waals surface area contributed by atoms with Crippen LogP contribution in [0.15, 0.2) is 54.6 Å². The summed E-state index contributed by atoms with van der Waals surface area (Å²) in [6.45, 7) is 2.53. The molecular formula is C24H24FN3O3. The lowest BCUT2D eigenvalue weighted by Crippen LogP contribution is -2.50. The molecule has 31 heavy (non-hydrogen) atoms. The van der Waals surface area contributed by atoms with E-state index in [0.29, 0.717) is 43.1 Å². The summed E-state index contributed by atoms with van der Waals surface area (Å²) in [6.07, 6.45) is 0. The number of amides is 2. The standard InChI is InChI=1S/C24H24FN3O3/c1-31-18-6-8-21(22(25)14-18)20-4-2-3-16-13-17(5-7-19(16)20)24(30)28-11-9-27(10-12-28)15-23(26)29/h2-8,13-14H,9-12,15H2,1H3,(H2,26,29). The molecule has 6 nitrogen and oxygen atoms in total. The highest BCUT2D eigenvalue weighted by molar-refractivity contribution is 6.02. The molecule has 1 aliphatic heterocycles. The van der Waals surface area contributed by atoms with E-state index >= 15 is 0 Å². The van der Waals surface area contributed by atoms with Gasteiger partial charge in [-0.2, -0.15) is 0 Å². The molecule has 0 saturated carbocycles. The smallest absolute Gasteiger partial charge is 0.253 e. The molecule has 2 N–H and O–H groups in total. The maximum atomic E-state index is 14.6. The fourth-order valence-corrected chi connectivity index (χ4v) is 4.00. The molecule has 0 aromatic heterocycles. The van der Waals surface area contributed by atoms with Gasteiger partial charge in [-0.1, -0.05) is 24.3 Å². The van der Waals surface area contributed by atoms with Gasteiger partial charge in [0, 0.05) is 43.4 Å². The van der Waals surface area contributed by atoms with Gasteiger partial charge in [-0.15, -0.1) is 0 Å². The van der Waals surface area contributed by atoms with Gasteiger partial charge in [0.1, 0.15) is 11.6 Å². The molecule has 7 heteroatoms. The topological polar surface area (TPSA) is 75.9 Å². The average molecular weight is 421 g/mol. The van der Waals surface area contributed by atoms with E-state index in [1.54, 1.807) is 23.1 Å². The Labute approximate surface area is 180 Å². The van der Waals surface area contributed by atoms with Crippen LogP contribution in [-0.4, -0.2) is 61.4 Å². The van der Waals surface area contributed by atoms with Crippen LogP contribution in [0.2, 0.25) is 0 Å². The van der Waals surface area contributed by atoms with Crippen molar-refractivity contribution in [3.8, 4) is 16.9 Å². The Hall–Kier alpha value is -3.45. The number of carbonyl (C=O) groups excluding carboxylic acids is 2. The number of primary amides is 1. The molecule has 1 saturated heterocycles. The van der Waals surface area contributed by atoms with Gasteiger partial charge < -0.3 is 15.4 Å². The first-order chi connectivity index (χ1) is 15.0. The Morgan fingerprint density at radius 2 is 1.77 bits per heavy atom. The zero-order valence-corrected chi connectivity index (χ0v) is 17.3. The molecule has 0 bridgehead atoms. The quantitative estimate of drug-likeness (QED) is 0.687. The number of methoxy groups -OCH3 is 1. The summed E-state index contributed by atoms with van der Waals surface area (Å²) in [7, 11) is 1.50. The van der Waals surface area contributed by atoms with Crippen molar-refractivity contribution in [2.75, 3.05) is 39.8 Å². The van der Waals surface area contributed by atoms with E-state index in [2.05, 4.69) is 0 Å². The fourth-order valence-electron chi connectivity index (χ4n) is 4.00. The second kappa shape index (κ2) is 8.73. The van der Waals surface area contributed by atoms with Crippen LogP contribution < -0.4 is 10.5 Å². The van der Waals surface area contributed by atoms with Gasteiger partial charge in [-0.05, 0) is 40.6 Å². The molecule has 0 aliphatic carbocycles. The second-order valence-electron chi connectivity index (χ2n) is 7.62. The predicted molar refractivity (Wildman–Crippen MR) is 117 cm³/mol. The highest BCUT2D eigenvalue weighted by Gasteiger charge is 2.23. The van der Waals surface area contributed by atoms with E-state index in [0.717, 1.165) is 16.3 Å². The molecule has 1 aliphatic rings. The Morgan fingerprint density at radius 3 is 2.45 bits per heavy atom. The first-order valence-corrected chi connectivity index (χ1v) is 10.1. The van der Waals surface area contributed by atoms with Gasteiger partial charge in [-0.3, -0.25) is 14.5 Å². The Morgan fingerprint density at radius 1 is 1.00 bits per heavy atom. The third kappa shape index (κ3) is 4.36. The number of ether oxygens (including phenoxy) is 1. The van der Waals surface area contributed by atoms with E-state index in [9.17, 15) is 14.0 Å². The van der Waals surface area contributed by atoms with Crippen LogP contribution >= 0.6 is 0 Å². The summed E-state index contributed by atoms with van der Waals surface area (Å²) in [5.41, 5.74) is 7.08. The molecule has 0 unspecified atom stereocenters. The Kier molecular flexibility index (Phi) is 5.86. The zero-order chi connectivity index (χ0) is 22.0. The van der Waals surface area contributed by atoms with Gasteiger partial charge in [-0.25, -0.2) is 4.39 Å². The molecule has 160 valence electrons. The van der Waals surface area contributed by atoms with Gasteiger partial charge in [0.25, 0.3) is 5.91 Å². The van der Waals surface area contributed by atoms with Gasteiger partial charge in [0.2, 0.25) is 5.91 Å². The number of nitrogens with zero attached hydrogens (tertiary/aromatic N) is 2. The molecule has 1 fully saturated rings. The third-order valence-electron chi connectivity index (χ3n) is 5.63. The maximum absolute atomic E-state index is 14.6. The summed E-state index contributed by atoms with van der Waals surface area (Å²) in [5, 5.41) is 1.74. The van der Waals surface area contributed by atoms with Crippen LogP contribution in [0.1, 0.15) is 10.4 Å². The Bertz CT molecular complexity index is 1140. The lowest BCUT2D eigenvalue weighted by molar-refractivity contribution is -0.119. The Balaban J connectivity index is 1.58. The van der Waals surface area contributed by atoms with E-state index in [1.165, 1.54) is 13.2 Å².